The second kappa shape index (κ2) is 8.48. The van der Waals surface area contributed by atoms with Crippen LogP contribution in [0.1, 0.15) is 32.8 Å². The fourth-order valence-electron chi connectivity index (χ4n) is 4.17. The topological polar surface area (TPSA) is 70.7 Å². The Morgan fingerprint density at radius 2 is 2.10 bits per heavy atom. The quantitative estimate of drug-likeness (QED) is 0.621. The maximum absolute atomic E-state index is 13.2. The lowest BCUT2D eigenvalue weighted by atomic mass is 10.00. The van der Waals surface area contributed by atoms with Gasteiger partial charge >= 0.3 is 6.03 Å². The molecule has 2 aliphatic heterocycles. The summed E-state index contributed by atoms with van der Waals surface area (Å²) in [6.45, 7) is 7.39. The van der Waals surface area contributed by atoms with Crippen molar-refractivity contribution in [2.45, 2.75) is 33.6 Å². The number of fused-ring (bicyclic) bond motifs is 1. The van der Waals surface area contributed by atoms with E-state index in [0.29, 0.717) is 24.7 Å². The van der Waals surface area contributed by atoms with Crippen LogP contribution in [0.5, 0.6) is 0 Å². The number of nitrogen functional groups attached to an aromatic ring is 1. The number of nitrogens with one attached hydrogen (secondary N) is 1. The van der Waals surface area contributed by atoms with E-state index in [0.717, 1.165) is 46.6 Å². The van der Waals surface area contributed by atoms with Crippen molar-refractivity contribution in [3.05, 3.63) is 58.6 Å². The van der Waals surface area contributed by atoms with Gasteiger partial charge in [0.05, 0.1) is 23.6 Å². The van der Waals surface area contributed by atoms with Crippen molar-refractivity contribution in [2.75, 3.05) is 24.1 Å². The van der Waals surface area contributed by atoms with E-state index in [-0.39, 0.29) is 6.03 Å². The van der Waals surface area contributed by atoms with Crippen LogP contribution in [0.3, 0.4) is 0 Å². The number of benzene rings is 1. The third kappa shape index (κ3) is 3.92. The van der Waals surface area contributed by atoms with Crippen LogP contribution < -0.4 is 11.1 Å². The van der Waals surface area contributed by atoms with Gasteiger partial charge in [-0.2, -0.15) is 0 Å². The summed E-state index contributed by atoms with van der Waals surface area (Å²) in [4.78, 5) is 20.9. The van der Waals surface area contributed by atoms with Gasteiger partial charge in [0.15, 0.2) is 0 Å². The number of amides is 2. The Balaban J connectivity index is 1.60. The van der Waals surface area contributed by atoms with Crippen LogP contribution in [0.2, 0.25) is 0 Å². The molecule has 3 N–H and O–H groups in total. The van der Waals surface area contributed by atoms with Crippen LogP contribution in [-0.4, -0.2) is 29.7 Å². The van der Waals surface area contributed by atoms with E-state index < -0.39 is 0 Å². The molecule has 0 spiro atoms. The predicted octanol–water partition coefficient (Wildman–Crippen LogP) is 5.72. The molecule has 2 aromatic rings. The number of carbonyl (C=O) groups is 1. The lowest BCUT2D eigenvalue weighted by Gasteiger charge is -2.20. The minimum Gasteiger partial charge on any atom is -0.397 e. The number of urea groups is 1. The molecule has 30 heavy (non-hydrogen) atoms. The maximum atomic E-state index is 13.2. The van der Waals surface area contributed by atoms with Gasteiger partial charge in [0, 0.05) is 17.1 Å². The normalized spacial score (nSPS) is 18.3. The number of hydrogen-bond acceptors (Lipinski definition) is 4. The third-order valence-electron chi connectivity index (χ3n) is 5.73. The molecule has 156 valence electrons. The number of hydrogen-bond donors (Lipinski definition) is 2. The average molecular weight is 421 g/mol. The van der Waals surface area contributed by atoms with Crippen LogP contribution >= 0.6 is 11.3 Å². The lowest BCUT2D eigenvalue weighted by Crippen LogP contribution is -2.33. The number of anilines is 2. The van der Waals surface area contributed by atoms with Gasteiger partial charge in [0.1, 0.15) is 0 Å². The number of thiophene rings is 1. The highest BCUT2D eigenvalue weighted by molar-refractivity contribution is 7.13. The van der Waals surface area contributed by atoms with Gasteiger partial charge in [-0.1, -0.05) is 38.1 Å². The van der Waals surface area contributed by atoms with E-state index in [9.17, 15) is 4.79 Å². The van der Waals surface area contributed by atoms with Crippen LogP contribution in [0.15, 0.2) is 58.1 Å². The zero-order chi connectivity index (χ0) is 21.3. The minimum absolute atomic E-state index is 0.133. The molecular weight excluding hydrogens is 392 g/mol. The summed E-state index contributed by atoms with van der Waals surface area (Å²) in [7, 11) is 0. The second-order valence-electron chi connectivity index (χ2n) is 7.80. The molecule has 1 saturated heterocycles. The smallest absolute Gasteiger partial charge is 0.322 e. The van der Waals surface area contributed by atoms with E-state index in [2.05, 4.69) is 42.8 Å². The van der Waals surface area contributed by atoms with Gasteiger partial charge in [-0.05, 0) is 59.9 Å². The van der Waals surface area contributed by atoms with Gasteiger partial charge in [0.25, 0.3) is 0 Å². The Morgan fingerprint density at radius 1 is 1.27 bits per heavy atom. The highest BCUT2D eigenvalue weighted by Crippen LogP contribution is 2.36. The van der Waals surface area contributed by atoms with Gasteiger partial charge in [-0.15, -0.1) is 11.3 Å². The van der Waals surface area contributed by atoms with Crippen molar-refractivity contribution >= 4 is 34.5 Å². The molecule has 2 aliphatic rings. The zero-order valence-electron chi connectivity index (χ0n) is 17.7. The molecule has 2 amide bonds. The Hall–Kier alpha value is -2.86. The highest BCUT2D eigenvalue weighted by atomic mass is 32.1. The molecule has 1 atom stereocenters. The zero-order valence-corrected chi connectivity index (χ0v) is 18.6. The number of rotatable bonds is 4. The van der Waals surface area contributed by atoms with Crippen molar-refractivity contribution in [3.63, 3.8) is 0 Å². The van der Waals surface area contributed by atoms with E-state index in [4.69, 9.17) is 10.7 Å². The van der Waals surface area contributed by atoms with Gasteiger partial charge < -0.3 is 16.0 Å². The van der Waals surface area contributed by atoms with Gasteiger partial charge in [0.2, 0.25) is 0 Å². The Bertz CT molecular complexity index is 1050. The van der Waals surface area contributed by atoms with Crippen LogP contribution in [0.4, 0.5) is 16.2 Å². The molecule has 1 unspecified atom stereocenters. The van der Waals surface area contributed by atoms with E-state index in [1.54, 1.807) is 11.3 Å². The summed E-state index contributed by atoms with van der Waals surface area (Å²) < 4.78 is 0. The molecule has 4 rings (SSSR count). The Morgan fingerprint density at radius 3 is 2.80 bits per heavy atom. The van der Waals surface area contributed by atoms with E-state index in [1.807, 2.05) is 30.0 Å². The summed E-state index contributed by atoms with van der Waals surface area (Å²) in [5.41, 5.74) is 13.0. The number of likely N-dealkylation sites (tertiary alicyclic amines) is 1. The molecule has 0 radical (unpaired) electrons. The SMILES string of the molecule is CCc1c(-c2cccs2)ccc(N)c1NC(=O)N1CC2=CC(CC)C=C(C)N=C2C1. The molecule has 5 nitrogen and oxygen atoms in total. The first-order valence-electron chi connectivity index (χ1n) is 10.5. The molecule has 1 aromatic heterocycles. The van der Waals surface area contributed by atoms with E-state index in [1.165, 1.54) is 4.88 Å². The standard InChI is InChI=1S/C24H28N4OS/c1-4-16-11-15(3)26-21-14-28(13-17(21)12-16)24(29)27-23-18(5-2)19(8-9-20(23)25)22-7-6-10-30-22/h6-12,16H,4-5,13-14,25H2,1-3H3,(H,27,29). The first-order valence-corrected chi connectivity index (χ1v) is 11.4. The Labute approximate surface area is 182 Å². The largest absolute Gasteiger partial charge is 0.397 e. The number of allylic oxidation sites excluding steroid dienone is 3. The fraction of sp³-hybridized carbons (Fsp3) is 0.333. The number of nitrogens with zero attached hydrogens (tertiary/aromatic N) is 2. The van der Waals surface area contributed by atoms with Crippen LogP contribution in [0, 0.1) is 5.92 Å². The summed E-state index contributed by atoms with van der Waals surface area (Å²) in [5.74, 6) is 0.370. The third-order valence-corrected chi connectivity index (χ3v) is 6.63. The number of carbonyl (C=O) groups excluding carboxylic acids is 1. The summed E-state index contributed by atoms with van der Waals surface area (Å²) in [5, 5.41) is 5.17. The Kier molecular flexibility index (Phi) is 5.77. The molecule has 1 aromatic carbocycles. The molecule has 0 saturated carbocycles. The molecule has 3 heterocycles. The lowest BCUT2D eigenvalue weighted by molar-refractivity contribution is 0.225. The number of nitrogens with two attached hydrogens (primary N) is 1. The van der Waals surface area contributed by atoms with Crippen molar-refractivity contribution in [2.24, 2.45) is 10.9 Å². The predicted molar refractivity (Wildman–Crippen MR) is 127 cm³/mol. The van der Waals surface area contributed by atoms with Crippen molar-refractivity contribution in [1.29, 1.82) is 0 Å². The van der Waals surface area contributed by atoms with Crippen molar-refractivity contribution in [3.8, 4) is 10.4 Å². The van der Waals surface area contributed by atoms with Gasteiger partial charge in [-0.3, -0.25) is 4.99 Å². The van der Waals surface area contributed by atoms with Gasteiger partial charge in [-0.25, -0.2) is 4.79 Å². The molecule has 6 heteroatoms. The van der Waals surface area contributed by atoms with Crippen LogP contribution in [-0.2, 0) is 6.42 Å². The van der Waals surface area contributed by atoms with Crippen molar-refractivity contribution < 1.29 is 4.79 Å². The molecule has 1 fully saturated rings. The van der Waals surface area contributed by atoms with Crippen molar-refractivity contribution in [1.82, 2.24) is 4.90 Å². The van der Waals surface area contributed by atoms with E-state index >= 15 is 0 Å². The molecular formula is C24H28N4OS. The fourth-order valence-corrected chi connectivity index (χ4v) is 4.95. The summed E-state index contributed by atoms with van der Waals surface area (Å²) in [6.07, 6.45) is 6.27. The monoisotopic (exact) mass is 420 g/mol. The number of aliphatic imine (C=N–C) groups is 1. The molecule has 0 bridgehead atoms. The minimum atomic E-state index is -0.133. The average Bonchev–Trinajstić information content (AvgIpc) is 3.36. The first kappa shape index (κ1) is 20.4. The highest BCUT2D eigenvalue weighted by Gasteiger charge is 2.29. The molecule has 0 aliphatic carbocycles. The summed E-state index contributed by atoms with van der Waals surface area (Å²) in [6, 6.07) is 7.93. The maximum Gasteiger partial charge on any atom is 0.322 e. The second-order valence-corrected chi connectivity index (χ2v) is 8.75. The van der Waals surface area contributed by atoms with Crippen LogP contribution in [0.25, 0.3) is 10.4 Å². The first-order chi connectivity index (χ1) is 14.5. The summed E-state index contributed by atoms with van der Waals surface area (Å²) >= 11 is 1.69.